The minimum absolute atomic E-state index is 0.626. The molecule has 1 heterocycles. The van der Waals surface area contributed by atoms with Crippen molar-refractivity contribution >= 4 is 0 Å². The van der Waals surface area contributed by atoms with E-state index < -0.39 is 0 Å². The van der Waals surface area contributed by atoms with Gasteiger partial charge in [-0.2, -0.15) is 0 Å². The Hall–Kier alpha value is -0.340. The van der Waals surface area contributed by atoms with Crippen LogP contribution in [0.25, 0.3) is 0 Å². The molecule has 2 atom stereocenters. The van der Waals surface area contributed by atoms with E-state index >= 15 is 0 Å². The van der Waals surface area contributed by atoms with Gasteiger partial charge in [-0.1, -0.05) is 19.1 Å². The molecule has 0 spiro atoms. The van der Waals surface area contributed by atoms with E-state index in [0.29, 0.717) is 12.1 Å². The average Bonchev–Trinajstić information content (AvgIpc) is 2.11. The van der Waals surface area contributed by atoms with E-state index in [2.05, 4.69) is 37.6 Å². The second-order valence-electron chi connectivity index (χ2n) is 4.19. The summed E-state index contributed by atoms with van der Waals surface area (Å²) in [6, 6.07) is 1.28. The lowest BCUT2D eigenvalue weighted by molar-refractivity contribution is 0.158. The molecule has 0 aliphatic carbocycles. The maximum Gasteiger partial charge on any atom is 0.0196 e. The molecular formula is C11H22N2. The fraction of sp³-hybridized carbons (Fsp3) is 0.818. The van der Waals surface area contributed by atoms with Gasteiger partial charge >= 0.3 is 0 Å². The van der Waals surface area contributed by atoms with E-state index in [0.717, 1.165) is 26.1 Å². The van der Waals surface area contributed by atoms with Gasteiger partial charge in [-0.25, -0.2) is 0 Å². The molecule has 0 radical (unpaired) electrons. The fourth-order valence-electron chi connectivity index (χ4n) is 1.72. The molecule has 0 aromatic carbocycles. The van der Waals surface area contributed by atoms with Crippen molar-refractivity contribution in [2.75, 3.05) is 19.6 Å². The van der Waals surface area contributed by atoms with Gasteiger partial charge in [0.1, 0.15) is 0 Å². The predicted molar refractivity (Wildman–Crippen MR) is 57.9 cm³/mol. The van der Waals surface area contributed by atoms with E-state index in [1.807, 2.05) is 0 Å². The monoisotopic (exact) mass is 182 g/mol. The summed E-state index contributed by atoms with van der Waals surface area (Å²) in [5.74, 6) is 0. The molecule has 1 fully saturated rings. The van der Waals surface area contributed by atoms with Crippen LogP contribution in [0.1, 0.15) is 27.2 Å². The number of hydrogen-bond acceptors (Lipinski definition) is 2. The van der Waals surface area contributed by atoms with Crippen LogP contribution >= 0.6 is 0 Å². The number of rotatable bonds is 3. The van der Waals surface area contributed by atoms with Gasteiger partial charge in [-0.15, -0.1) is 0 Å². The number of piperazine rings is 1. The average molecular weight is 182 g/mol. The summed E-state index contributed by atoms with van der Waals surface area (Å²) >= 11 is 0. The standard InChI is InChI=1S/C11H22N2/c1-5-9(2)7-13-8-10(3)12-6-11(13)4/h10-12H,2,5-8H2,1,3-4H3. The zero-order valence-electron chi connectivity index (χ0n) is 9.14. The fourth-order valence-corrected chi connectivity index (χ4v) is 1.72. The van der Waals surface area contributed by atoms with Gasteiger partial charge in [0.2, 0.25) is 0 Å². The molecule has 13 heavy (non-hydrogen) atoms. The number of nitrogens with one attached hydrogen (secondary N) is 1. The van der Waals surface area contributed by atoms with Crippen molar-refractivity contribution in [2.24, 2.45) is 0 Å². The Morgan fingerprint density at radius 2 is 2.23 bits per heavy atom. The maximum atomic E-state index is 4.06. The van der Waals surface area contributed by atoms with E-state index in [9.17, 15) is 0 Å². The van der Waals surface area contributed by atoms with Crippen LogP contribution < -0.4 is 5.32 Å². The maximum absolute atomic E-state index is 4.06. The third kappa shape index (κ3) is 3.12. The summed E-state index contributed by atoms with van der Waals surface area (Å²) in [7, 11) is 0. The Bertz CT molecular complexity index is 177. The molecule has 1 saturated heterocycles. The molecule has 0 aromatic rings. The molecule has 2 nitrogen and oxygen atoms in total. The first-order valence-corrected chi connectivity index (χ1v) is 5.27. The van der Waals surface area contributed by atoms with Gasteiger partial charge in [0.25, 0.3) is 0 Å². The third-order valence-corrected chi connectivity index (χ3v) is 2.82. The van der Waals surface area contributed by atoms with Gasteiger partial charge in [0.15, 0.2) is 0 Å². The van der Waals surface area contributed by atoms with Crippen LogP contribution in [0.5, 0.6) is 0 Å². The third-order valence-electron chi connectivity index (χ3n) is 2.82. The first-order valence-electron chi connectivity index (χ1n) is 5.27. The van der Waals surface area contributed by atoms with Crippen LogP contribution in [0.2, 0.25) is 0 Å². The van der Waals surface area contributed by atoms with Crippen LogP contribution in [0.4, 0.5) is 0 Å². The summed E-state index contributed by atoms with van der Waals surface area (Å²) in [5.41, 5.74) is 1.35. The van der Waals surface area contributed by atoms with Crippen molar-refractivity contribution in [2.45, 2.75) is 39.3 Å². The van der Waals surface area contributed by atoms with Crippen LogP contribution in [0, 0.1) is 0 Å². The predicted octanol–water partition coefficient (Wildman–Crippen LogP) is 1.63. The first-order chi connectivity index (χ1) is 6.13. The lowest BCUT2D eigenvalue weighted by Gasteiger charge is -2.37. The SMILES string of the molecule is C=C(CC)CN1CC(C)NCC1C. The molecule has 1 rings (SSSR count). The highest BCUT2D eigenvalue weighted by Gasteiger charge is 2.21. The van der Waals surface area contributed by atoms with Gasteiger partial charge in [0, 0.05) is 31.7 Å². The van der Waals surface area contributed by atoms with Crippen molar-refractivity contribution in [1.29, 1.82) is 0 Å². The Labute approximate surface area is 82.0 Å². The quantitative estimate of drug-likeness (QED) is 0.667. The summed E-state index contributed by atoms with van der Waals surface area (Å²) in [6.45, 7) is 14.1. The minimum atomic E-state index is 0.626. The van der Waals surface area contributed by atoms with Crippen LogP contribution in [0.3, 0.4) is 0 Å². The summed E-state index contributed by atoms with van der Waals surface area (Å²) < 4.78 is 0. The topological polar surface area (TPSA) is 15.3 Å². The lowest BCUT2D eigenvalue weighted by atomic mass is 10.1. The number of hydrogen-bond donors (Lipinski definition) is 1. The zero-order chi connectivity index (χ0) is 9.84. The molecule has 0 saturated carbocycles. The lowest BCUT2D eigenvalue weighted by Crippen LogP contribution is -2.54. The summed E-state index contributed by atoms with van der Waals surface area (Å²) in [6.07, 6.45) is 1.10. The highest BCUT2D eigenvalue weighted by molar-refractivity contribution is 4.98. The van der Waals surface area contributed by atoms with Crippen molar-refractivity contribution in [3.05, 3.63) is 12.2 Å². The Kier molecular flexibility index (Phi) is 3.94. The zero-order valence-corrected chi connectivity index (χ0v) is 9.14. The second-order valence-corrected chi connectivity index (χ2v) is 4.19. The van der Waals surface area contributed by atoms with Gasteiger partial charge < -0.3 is 5.32 Å². The highest BCUT2D eigenvalue weighted by Crippen LogP contribution is 2.10. The molecule has 1 aliphatic heterocycles. The van der Waals surface area contributed by atoms with E-state index in [4.69, 9.17) is 0 Å². The highest BCUT2D eigenvalue weighted by atomic mass is 15.2. The molecule has 0 bridgehead atoms. The Balaban J connectivity index is 2.41. The summed E-state index contributed by atoms with van der Waals surface area (Å²) in [5, 5.41) is 3.48. The van der Waals surface area contributed by atoms with E-state index in [-0.39, 0.29) is 0 Å². The molecule has 1 N–H and O–H groups in total. The number of nitrogens with zero attached hydrogens (tertiary/aromatic N) is 1. The molecule has 0 amide bonds. The van der Waals surface area contributed by atoms with Crippen LogP contribution in [0.15, 0.2) is 12.2 Å². The second kappa shape index (κ2) is 4.77. The summed E-state index contributed by atoms with van der Waals surface area (Å²) in [4.78, 5) is 2.52. The first kappa shape index (κ1) is 10.7. The Morgan fingerprint density at radius 1 is 1.54 bits per heavy atom. The van der Waals surface area contributed by atoms with Gasteiger partial charge in [0.05, 0.1) is 0 Å². The van der Waals surface area contributed by atoms with Crippen molar-refractivity contribution in [3.8, 4) is 0 Å². The molecule has 2 unspecified atom stereocenters. The van der Waals surface area contributed by atoms with Gasteiger partial charge in [-0.05, 0) is 20.3 Å². The largest absolute Gasteiger partial charge is 0.311 e. The molecular weight excluding hydrogens is 160 g/mol. The molecule has 1 aliphatic rings. The van der Waals surface area contributed by atoms with Gasteiger partial charge in [-0.3, -0.25) is 4.90 Å². The minimum Gasteiger partial charge on any atom is -0.311 e. The molecule has 0 aromatic heterocycles. The normalized spacial score (nSPS) is 30.4. The van der Waals surface area contributed by atoms with Crippen molar-refractivity contribution in [3.63, 3.8) is 0 Å². The van der Waals surface area contributed by atoms with E-state index in [1.165, 1.54) is 5.57 Å². The Morgan fingerprint density at radius 3 is 2.85 bits per heavy atom. The van der Waals surface area contributed by atoms with E-state index in [1.54, 1.807) is 0 Å². The van der Waals surface area contributed by atoms with Crippen LogP contribution in [-0.4, -0.2) is 36.6 Å². The van der Waals surface area contributed by atoms with Crippen LogP contribution in [-0.2, 0) is 0 Å². The molecule has 76 valence electrons. The van der Waals surface area contributed by atoms with Crippen molar-refractivity contribution < 1.29 is 0 Å². The smallest absolute Gasteiger partial charge is 0.0196 e. The van der Waals surface area contributed by atoms with Crippen molar-refractivity contribution in [1.82, 2.24) is 10.2 Å². The molecule has 2 heteroatoms.